The van der Waals surface area contributed by atoms with Crippen molar-refractivity contribution in [1.29, 1.82) is 0 Å². The van der Waals surface area contributed by atoms with E-state index in [1.807, 2.05) is 6.07 Å². The maximum atomic E-state index is 11.6. The molecule has 0 saturated carbocycles. The minimum absolute atomic E-state index is 0.0559. The Morgan fingerprint density at radius 3 is 2.38 bits per heavy atom. The molecule has 5 nitrogen and oxygen atoms in total. The zero-order valence-electron chi connectivity index (χ0n) is 12.3. The highest BCUT2D eigenvalue weighted by Crippen LogP contribution is 2.33. The highest BCUT2D eigenvalue weighted by atomic mass is 79.9. The van der Waals surface area contributed by atoms with Crippen LogP contribution in [0.2, 0.25) is 0 Å². The predicted molar refractivity (Wildman–Crippen MR) is 91.0 cm³/mol. The summed E-state index contributed by atoms with van der Waals surface area (Å²) in [5.74, 6) is 0. The van der Waals surface area contributed by atoms with Crippen molar-refractivity contribution in [3.8, 4) is 0 Å². The molecule has 1 saturated heterocycles. The third-order valence-electron chi connectivity index (χ3n) is 3.90. The molecule has 0 bridgehead atoms. The number of nitrogens with two attached hydrogens (primary N) is 1. The van der Waals surface area contributed by atoms with E-state index in [1.54, 1.807) is 15.6 Å². The summed E-state index contributed by atoms with van der Waals surface area (Å²) < 4.78 is 25.9. The van der Waals surface area contributed by atoms with Gasteiger partial charge in [0.2, 0.25) is 10.0 Å². The van der Waals surface area contributed by atoms with Crippen molar-refractivity contribution >= 4 is 37.3 Å². The lowest BCUT2D eigenvalue weighted by molar-refractivity contribution is 0.121. The summed E-state index contributed by atoms with van der Waals surface area (Å²) in [6, 6.07) is 4.37. The average molecular weight is 396 g/mol. The Morgan fingerprint density at radius 2 is 1.95 bits per heavy atom. The fraction of sp³-hybridized carbons (Fsp3) is 0.692. The van der Waals surface area contributed by atoms with Gasteiger partial charge in [-0.05, 0) is 34.5 Å². The van der Waals surface area contributed by atoms with Crippen LogP contribution in [0.25, 0.3) is 0 Å². The van der Waals surface area contributed by atoms with Crippen LogP contribution in [-0.2, 0) is 10.0 Å². The molecule has 120 valence electrons. The molecule has 0 aliphatic carbocycles. The van der Waals surface area contributed by atoms with Crippen LogP contribution in [0.4, 0.5) is 0 Å². The lowest BCUT2D eigenvalue weighted by Gasteiger charge is -2.40. The van der Waals surface area contributed by atoms with Crippen molar-refractivity contribution in [1.82, 2.24) is 9.21 Å². The Balaban J connectivity index is 2.13. The maximum Gasteiger partial charge on any atom is 0.211 e. The van der Waals surface area contributed by atoms with Gasteiger partial charge in [0.1, 0.15) is 0 Å². The fourth-order valence-electron chi connectivity index (χ4n) is 2.69. The highest BCUT2D eigenvalue weighted by molar-refractivity contribution is 9.11. The highest BCUT2D eigenvalue weighted by Gasteiger charge is 2.31. The Morgan fingerprint density at radius 1 is 1.33 bits per heavy atom. The van der Waals surface area contributed by atoms with E-state index in [9.17, 15) is 8.42 Å². The van der Waals surface area contributed by atoms with Crippen LogP contribution in [0, 0.1) is 0 Å². The number of piperazine rings is 1. The van der Waals surface area contributed by atoms with E-state index in [4.69, 9.17) is 5.73 Å². The number of halogens is 1. The summed E-state index contributed by atoms with van der Waals surface area (Å²) >= 11 is 5.21. The topological polar surface area (TPSA) is 66.6 Å². The van der Waals surface area contributed by atoms with Crippen LogP contribution in [0.15, 0.2) is 15.9 Å². The maximum absolute atomic E-state index is 11.6. The lowest BCUT2D eigenvalue weighted by atomic mass is 10.0. The number of rotatable bonds is 5. The summed E-state index contributed by atoms with van der Waals surface area (Å²) in [5.41, 5.74) is 6.33. The molecule has 21 heavy (non-hydrogen) atoms. The lowest BCUT2D eigenvalue weighted by Crippen LogP contribution is -2.52. The number of sulfonamides is 1. The quantitative estimate of drug-likeness (QED) is 0.825. The minimum atomic E-state index is -3.09. The Labute approximate surface area is 139 Å². The third kappa shape index (κ3) is 4.27. The molecule has 1 fully saturated rings. The van der Waals surface area contributed by atoms with Crippen LogP contribution in [-0.4, -0.2) is 56.1 Å². The Kier molecular flexibility index (Phi) is 5.84. The number of nitrogens with zero attached hydrogens (tertiary/aromatic N) is 2. The molecular weight excluding hydrogens is 374 g/mol. The van der Waals surface area contributed by atoms with E-state index in [1.165, 1.54) is 11.1 Å². The first-order valence-electron chi connectivity index (χ1n) is 7.03. The molecular formula is C13H22BrN3O2S2. The van der Waals surface area contributed by atoms with E-state index >= 15 is 0 Å². The standard InChI is InChI=1S/C13H22BrN3O2S2/c1-3-10(15)13(11-4-5-12(14)20-11)16-6-8-17(9-7-16)21(2,18)19/h4-5,10,13H,3,6-9,15H2,1-2H3. The van der Waals surface area contributed by atoms with Gasteiger partial charge in [0.25, 0.3) is 0 Å². The largest absolute Gasteiger partial charge is 0.326 e. The molecule has 0 aromatic carbocycles. The van der Waals surface area contributed by atoms with Crippen molar-refractivity contribution in [2.24, 2.45) is 5.73 Å². The van der Waals surface area contributed by atoms with E-state index in [2.05, 4.69) is 33.8 Å². The van der Waals surface area contributed by atoms with Crippen molar-refractivity contribution in [3.05, 3.63) is 20.8 Å². The van der Waals surface area contributed by atoms with Crippen LogP contribution in [0.5, 0.6) is 0 Å². The molecule has 2 heterocycles. The van der Waals surface area contributed by atoms with E-state index in [-0.39, 0.29) is 12.1 Å². The van der Waals surface area contributed by atoms with Gasteiger partial charge in [-0.2, -0.15) is 4.31 Å². The molecule has 0 amide bonds. The average Bonchev–Trinajstić information content (AvgIpc) is 2.84. The van der Waals surface area contributed by atoms with E-state index in [0.717, 1.165) is 23.3 Å². The predicted octanol–water partition coefficient (Wildman–Crippen LogP) is 1.87. The second-order valence-electron chi connectivity index (χ2n) is 5.36. The number of hydrogen-bond acceptors (Lipinski definition) is 5. The summed E-state index contributed by atoms with van der Waals surface area (Å²) in [4.78, 5) is 3.55. The molecule has 8 heteroatoms. The van der Waals surface area contributed by atoms with Gasteiger partial charge in [0.05, 0.1) is 16.1 Å². The molecule has 2 atom stereocenters. The van der Waals surface area contributed by atoms with Crippen molar-refractivity contribution in [2.45, 2.75) is 25.4 Å². The molecule has 2 unspecified atom stereocenters. The summed E-state index contributed by atoms with van der Waals surface area (Å²) in [6.45, 7) is 4.62. The molecule has 1 aliphatic rings. The van der Waals surface area contributed by atoms with Crippen LogP contribution >= 0.6 is 27.3 Å². The van der Waals surface area contributed by atoms with E-state index in [0.29, 0.717) is 13.1 Å². The van der Waals surface area contributed by atoms with Crippen LogP contribution in [0.3, 0.4) is 0 Å². The van der Waals surface area contributed by atoms with Gasteiger partial charge in [-0.25, -0.2) is 8.42 Å². The zero-order chi connectivity index (χ0) is 15.6. The normalized spacial score (nSPS) is 21.3. The van der Waals surface area contributed by atoms with Gasteiger partial charge in [0, 0.05) is 37.1 Å². The number of thiophene rings is 1. The minimum Gasteiger partial charge on any atom is -0.326 e. The molecule has 2 rings (SSSR count). The van der Waals surface area contributed by atoms with Crippen molar-refractivity contribution in [3.63, 3.8) is 0 Å². The molecule has 2 N–H and O–H groups in total. The van der Waals surface area contributed by atoms with Gasteiger partial charge < -0.3 is 5.73 Å². The second kappa shape index (κ2) is 7.06. The van der Waals surface area contributed by atoms with Gasteiger partial charge in [-0.3, -0.25) is 4.90 Å². The van der Waals surface area contributed by atoms with Gasteiger partial charge in [-0.15, -0.1) is 11.3 Å². The van der Waals surface area contributed by atoms with Gasteiger partial charge in [-0.1, -0.05) is 6.92 Å². The van der Waals surface area contributed by atoms with Gasteiger partial charge >= 0.3 is 0 Å². The molecule has 1 aromatic rings. The molecule has 0 radical (unpaired) electrons. The Hall–Kier alpha value is 0.01000. The second-order valence-corrected chi connectivity index (χ2v) is 9.83. The first-order valence-corrected chi connectivity index (χ1v) is 10.5. The Bertz CT molecular complexity index is 568. The smallest absolute Gasteiger partial charge is 0.211 e. The first-order chi connectivity index (χ1) is 9.82. The number of hydrogen-bond donors (Lipinski definition) is 1. The molecule has 0 spiro atoms. The summed E-state index contributed by atoms with van der Waals surface area (Å²) in [5, 5.41) is 0. The summed E-state index contributed by atoms with van der Waals surface area (Å²) in [7, 11) is -3.09. The van der Waals surface area contributed by atoms with E-state index < -0.39 is 10.0 Å². The van der Waals surface area contributed by atoms with Gasteiger partial charge in [0.15, 0.2) is 0 Å². The first kappa shape index (κ1) is 17.4. The summed E-state index contributed by atoms with van der Waals surface area (Å²) in [6.07, 6.45) is 2.17. The van der Waals surface area contributed by atoms with Crippen molar-refractivity contribution < 1.29 is 8.42 Å². The molecule has 1 aliphatic heterocycles. The van der Waals surface area contributed by atoms with Crippen molar-refractivity contribution in [2.75, 3.05) is 32.4 Å². The van der Waals surface area contributed by atoms with Crippen LogP contribution in [0.1, 0.15) is 24.3 Å². The third-order valence-corrected chi connectivity index (χ3v) is 6.90. The fourth-order valence-corrected chi connectivity index (χ4v) is 5.15. The monoisotopic (exact) mass is 395 g/mol. The van der Waals surface area contributed by atoms with Crippen LogP contribution < -0.4 is 5.73 Å². The zero-order valence-corrected chi connectivity index (χ0v) is 15.5. The molecule has 1 aromatic heterocycles. The SMILES string of the molecule is CCC(N)C(c1ccc(Br)s1)N1CCN(S(C)(=O)=O)CC1.